The van der Waals surface area contributed by atoms with E-state index in [1.807, 2.05) is 6.07 Å². The topological polar surface area (TPSA) is 72.2 Å². The summed E-state index contributed by atoms with van der Waals surface area (Å²) in [6.45, 7) is 3.02. The van der Waals surface area contributed by atoms with Crippen molar-refractivity contribution in [1.29, 1.82) is 0 Å². The molecule has 3 heterocycles. The fourth-order valence-corrected chi connectivity index (χ4v) is 3.24. The molecule has 0 aliphatic heterocycles. The number of carbonyl (C=O) groups excluding carboxylic acids is 1. The molecule has 4 aromatic rings. The molecule has 0 bridgehead atoms. The minimum absolute atomic E-state index is 0.312. The first-order chi connectivity index (χ1) is 12.9. The van der Waals surface area contributed by atoms with E-state index in [2.05, 4.69) is 20.4 Å². The third-order valence-electron chi connectivity index (χ3n) is 4.10. The first-order valence-corrected chi connectivity index (χ1v) is 9.15. The Hall–Kier alpha value is -3.13. The van der Waals surface area contributed by atoms with Gasteiger partial charge in [0.15, 0.2) is 10.8 Å². The van der Waals surface area contributed by atoms with Gasteiger partial charge in [-0.15, -0.1) is 11.3 Å². The van der Waals surface area contributed by atoms with E-state index >= 15 is 0 Å². The number of nitrogens with one attached hydrogen (secondary N) is 1. The van der Waals surface area contributed by atoms with E-state index in [9.17, 15) is 9.18 Å². The highest BCUT2D eigenvalue weighted by Gasteiger charge is 2.20. The minimum atomic E-state index is -1.45. The van der Waals surface area contributed by atoms with Gasteiger partial charge in [-0.1, -0.05) is 18.2 Å². The number of hydrogen-bond donors (Lipinski definition) is 1. The lowest BCUT2D eigenvalue weighted by molar-refractivity contribution is 0.102. The van der Waals surface area contributed by atoms with E-state index in [0.29, 0.717) is 27.6 Å². The van der Waals surface area contributed by atoms with Crippen LogP contribution in [-0.4, -0.2) is 25.5 Å². The predicted octanol–water partition coefficient (Wildman–Crippen LogP) is 4.31. The Morgan fingerprint density at radius 1 is 1.26 bits per heavy atom. The third-order valence-corrected chi connectivity index (χ3v) is 4.79. The maximum Gasteiger partial charge on any atom is 0.261 e. The second kappa shape index (κ2) is 6.55. The Morgan fingerprint density at radius 3 is 2.85 bits per heavy atom. The molecule has 27 heavy (non-hydrogen) atoms. The van der Waals surface area contributed by atoms with Crippen LogP contribution in [0.4, 0.5) is 9.52 Å². The Kier molecular flexibility index (Phi) is 4.19. The zero-order valence-electron chi connectivity index (χ0n) is 14.7. The molecule has 1 N–H and O–H groups in total. The van der Waals surface area contributed by atoms with Crippen molar-refractivity contribution in [3.63, 3.8) is 0 Å². The summed E-state index contributed by atoms with van der Waals surface area (Å²) in [7, 11) is 0. The number of halogens is 1. The monoisotopic (exact) mass is 381 g/mol. The molecule has 6 nitrogen and oxygen atoms in total. The molecule has 1 aromatic carbocycles. The highest BCUT2D eigenvalue weighted by atomic mass is 32.1. The van der Waals surface area contributed by atoms with E-state index in [4.69, 9.17) is 0 Å². The van der Waals surface area contributed by atoms with Crippen molar-refractivity contribution in [3.8, 4) is 11.3 Å². The molecule has 0 unspecified atom stereocenters. The van der Waals surface area contributed by atoms with Crippen molar-refractivity contribution < 1.29 is 9.18 Å². The zero-order chi connectivity index (χ0) is 19.0. The van der Waals surface area contributed by atoms with E-state index < -0.39 is 5.67 Å². The number of imidazole rings is 1. The number of amides is 1. The summed E-state index contributed by atoms with van der Waals surface area (Å²) < 4.78 is 15.8. The van der Waals surface area contributed by atoms with Gasteiger partial charge >= 0.3 is 0 Å². The average Bonchev–Trinajstić information content (AvgIpc) is 3.30. The quantitative estimate of drug-likeness (QED) is 0.572. The van der Waals surface area contributed by atoms with Crippen molar-refractivity contribution in [2.24, 2.45) is 0 Å². The highest BCUT2D eigenvalue weighted by Crippen LogP contribution is 2.29. The molecule has 0 radical (unpaired) electrons. The van der Waals surface area contributed by atoms with Gasteiger partial charge in [-0.2, -0.15) is 5.10 Å². The minimum Gasteiger partial charge on any atom is -0.298 e. The number of thiazole rings is 1. The number of anilines is 1. The van der Waals surface area contributed by atoms with Crippen LogP contribution in [0.2, 0.25) is 0 Å². The van der Waals surface area contributed by atoms with Crippen molar-refractivity contribution in [2.75, 3.05) is 5.32 Å². The first kappa shape index (κ1) is 17.3. The van der Waals surface area contributed by atoms with E-state index in [0.717, 1.165) is 5.56 Å². The number of hydrogen-bond acceptors (Lipinski definition) is 5. The number of fused-ring (bicyclic) bond motifs is 1. The highest BCUT2D eigenvalue weighted by molar-refractivity contribution is 7.13. The lowest BCUT2D eigenvalue weighted by Crippen LogP contribution is -2.13. The van der Waals surface area contributed by atoms with Crippen LogP contribution in [0.1, 0.15) is 29.8 Å². The van der Waals surface area contributed by atoms with Crippen molar-refractivity contribution in [2.45, 2.75) is 19.5 Å². The SMILES string of the molecule is CC(C)(F)c1cccc(-c2cn3nccc(C(=O)Nc4nccs4)c3n2)c1. The summed E-state index contributed by atoms with van der Waals surface area (Å²) in [6, 6.07) is 8.75. The summed E-state index contributed by atoms with van der Waals surface area (Å²) in [6.07, 6.45) is 4.88. The van der Waals surface area contributed by atoms with Crippen molar-refractivity contribution in [1.82, 2.24) is 19.6 Å². The average molecular weight is 381 g/mol. The van der Waals surface area contributed by atoms with E-state index in [1.165, 1.54) is 31.4 Å². The lowest BCUT2D eigenvalue weighted by Gasteiger charge is -2.15. The maximum atomic E-state index is 14.3. The van der Waals surface area contributed by atoms with Crippen molar-refractivity contribution in [3.05, 3.63) is 65.4 Å². The van der Waals surface area contributed by atoms with Crippen LogP contribution < -0.4 is 5.32 Å². The number of alkyl halides is 1. The number of carbonyl (C=O) groups is 1. The largest absolute Gasteiger partial charge is 0.298 e. The van der Waals surface area contributed by atoms with Crippen LogP contribution in [0.15, 0.2) is 54.3 Å². The molecule has 0 aliphatic rings. The maximum absolute atomic E-state index is 14.3. The molecule has 4 rings (SSSR count). The normalized spacial score (nSPS) is 11.7. The van der Waals surface area contributed by atoms with Crippen LogP contribution in [0.3, 0.4) is 0 Å². The summed E-state index contributed by atoms with van der Waals surface area (Å²) in [5, 5.41) is 9.27. The smallest absolute Gasteiger partial charge is 0.261 e. The molecule has 0 atom stereocenters. The summed E-state index contributed by atoms with van der Waals surface area (Å²) in [5.74, 6) is -0.312. The van der Waals surface area contributed by atoms with Gasteiger partial charge in [-0.25, -0.2) is 18.9 Å². The first-order valence-electron chi connectivity index (χ1n) is 8.27. The van der Waals surface area contributed by atoms with Gasteiger partial charge in [0, 0.05) is 23.3 Å². The molecule has 0 saturated heterocycles. The molecule has 1 amide bonds. The summed E-state index contributed by atoms with van der Waals surface area (Å²) in [4.78, 5) is 21.2. The van der Waals surface area contributed by atoms with Crippen LogP contribution >= 0.6 is 11.3 Å². The van der Waals surface area contributed by atoms with E-state index in [-0.39, 0.29) is 5.91 Å². The molecule has 136 valence electrons. The van der Waals surface area contributed by atoms with Gasteiger partial charge in [0.2, 0.25) is 0 Å². The molecular weight excluding hydrogens is 365 g/mol. The molecule has 0 saturated carbocycles. The van der Waals surface area contributed by atoms with Gasteiger partial charge < -0.3 is 0 Å². The molecule has 0 fully saturated rings. The lowest BCUT2D eigenvalue weighted by atomic mass is 9.97. The van der Waals surface area contributed by atoms with Gasteiger partial charge in [0.25, 0.3) is 5.91 Å². The van der Waals surface area contributed by atoms with Gasteiger partial charge in [-0.05, 0) is 31.5 Å². The molecule has 0 spiro atoms. The summed E-state index contributed by atoms with van der Waals surface area (Å²) >= 11 is 1.34. The molecule has 0 aliphatic carbocycles. The molecule has 8 heteroatoms. The fraction of sp³-hybridized carbons (Fsp3) is 0.158. The second-order valence-corrected chi connectivity index (χ2v) is 7.38. The van der Waals surface area contributed by atoms with E-state index in [1.54, 1.807) is 46.6 Å². The van der Waals surface area contributed by atoms with Crippen LogP contribution in [0.5, 0.6) is 0 Å². The van der Waals surface area contributed by atoms with Crippen molar-refractivity contribution >= 4 is 28.0 Å². The Bertz CT molecular complexity index is 1110. The predicted molar refractivity (Wildman–Crippen MR) is 103 cm³/mol. The third kappa shape index (κ3) is 3.43. The Morgan fingerprint density at radius 2 is 2.11 bits per heavy atom. The van der Waals surface area contributed by atoms with Crippen LogP contribution in [0.25, 0.3) is 16.9 Å². The van der Waals surface area contributed by atoms with Gasteiger partial charge in [-0.3, -0.25) is 10.1 Å². The van der Waals surface area contributed by atoms with Gasteiger partial charge in [0.1, 0.15) is 5.67 Å². The Balaban J connectivity index is 1.74. The number of rotatable bonds is 4. The molecular formula is C19H16FN5OS. The van der Waals surface area contributed by atoms with Crippen LogP contribution in [-0.2, 0) is 5.67 Å². The molecule has 3 aromatic heterocycles. The second-order valence-electron chi connectivity index (χ2n) is 6.48. The van der Waals surface area contributed by atoms with Crippen LogP contribution in [0, 0.1) is 0 Å². The fourth-order valence-electron chi connectivity index (χ4n) is 2.71. The zero-order valence-corrected chi connectivity index (χ0v) is 15.5. The standard InChI is InChI=1S/C19H16FN5OS/c1-19(2,20)13-5-3-4-12(10-13)15-11-25-16(23-15)14(6-7-22-25)17(26)24-18-21-8-9-27-18/h3-11H,1-2H3,(H,21,24,26). The number of benzene rings is 1. The number of aromatic nitrogens is 4. The van der Waals surface area contributed by atoms with Gasteiger partial charge in [0.05, 0.1) is 17.5 Å². The number of nitrogens with zero attached hydrogens (tertiary/aromatic N) is 4. The summed E-state index contributed by atoms with van der Waals surface area (Å²) in [5.41, 5.74) is 1.29. The Labute approximate surface area is 158 Å².